The van der Waals surface area contributed by atoms with Crippen molar-refractivity contribution < 1.29 is 13.6 Å². The SMILES string of the molecule is O=C(Nc1ccc(-c2ccccc2)nn1)NC1CCN(CC(F)F)C1. The molecule has 0 spiro atoms. The summed E-state index contributed by atoms with van der Waals surface area (Å²) in [6, 6.07) is 12.5. The van der Waals surface area contributed by atoms with Crippen LogP contribution in [0.3, 0.4) is 0 Å². The van der Waals surface area contributed by atoms with Crippen molar-refractivity contribution in [3.05, 3.63) is 42.5 Å². The van der Waals surface area contributed by atoms with Gasteiger partial charge < -0.3 is 5.32 Å². The lowest BCUT2D eigenvalue weighted by molar-refractivity contribution is 0.0988. The van der Waals surface area contributed by atoms with E-state index in [-0.39, 0.29) is 12.6 Å². The normalized spacial score (nSPS) is 17.6. The Bertz CT molecular complexity index is 696. The maximum absolute atomic E-state index is 12.4. The molecule has 2 amide bonds. The molecule has 25 heavy (non-hydrogen) atoms. The molecule has 132 valence electrons. The lowest BCUT2D eigenvalue weighted by Gasteiger charge is -2.16. The van der Waals surface area contributed by atoms with Gasteiger partial charge in [-0.15, -0.1) is 10.2 Å². The fourth-order valence-electron chi connectivity index (χ4n) is 2.81. The summed E-state index contributed by atoms with van der Waals surface area (Å²) >= 11 is 0. The van der Waals surface area contributed by atoms with Crippen LogP contribution in [-0.2, 0) is 0 Å². The molecule has 0 bridgehead atoms. The van der Waals surface area contributed by atoms with Gasteiger partial charge in [0, 0.05) is 24.7 Å². The molecule has 1 atom stereocenters. The molecule has 8 heteroatoms. The first-order chi connectivity index (χ1) is 12.1. The van der Waals surface area contributed by atoms with Gasteiger partial charge in [0.15, 0.2) is 5.82 Å². The maximum atomic E-state index is 12.4. The Morgan fingerprint density at radius 2 is 2.00 bits per heavy atom. The highest BCUT2D eigenvalue weighted by atomic mass is 19.3. The zero-order chi connectivity index (χ0) is 17.6. The van der Waals surface area contributed by atoms with E-state index in [4.69, 9.17) is 0 Å². The van der Waals surface area contributed by atoms with Crippen LogP contribution in [0.2, 0.25) is 0 Å². The third kappa shape index (κ3) is 4.93. The topological polar surface area (TPSA) is 70.1 Å². The summed E-state index contributed by atoms with van der Waals surface area (Å²) in [6.07, 6.45) is -1.70. The average molecular weight is 347 g/mol. The summed E-state index contributed by atoms with van der Waals surface area (Å²) in [7, 11) is 0. The highest BCUT2D eigenvalue weighted by molar-refractivity contribution is 5.88. The average Bonchev–Trinajstić information content (AvgIpc) is 3.02. The third-order valence-electron chi connectivity index (χ3n) is 3.98. The molecule has 6 nitrogen and oxygen atoms in total. The molecule has 1 aliphatic rings. The Labute approximate surface area is 144 Å². The zero-order valence-corrected chi connectivity index (χ0v) is 13.5. The van der Waals surface area contributed by atoms with Gasteiger partial charge in [-0.25, -0.2) is 13.6 Å². The van der Waals surface area contributed by atoms with Crippen LogP contribution in [0.4, 0.5) is 19.4 Å². The van der Waals surface area contributed by atoms with E-state index in [0.717, 1.165) is 5.56 Å². The molecule has 2 N–H and O–H groups in total. The fourth-order valence-corrected chi connectivity index (χ4v) is 2.81. The van der Waals surface area contributed by atoms with Gasteiger partial charge in [0.05, 0.1) is 12.2 Å². The van der Waals surface area contributed by atoms with Gasteiger partial charge in [0.1, 0.15) is 0 Å². The first kappa shape index (κ1) is 17.2. The van der Waals surface area contributed by atoms with Crippen LogP contribution in [-0.4, -0.2) is 53.2 Å². The Hall–Kier alpha value is -2.61. The number of urea groups is 1. The van der Waals surface area contributed by atoms with Crippen molar-refractivity contribution in [1.29, 1.82) is 0 Å². The number of hydrogen-bond acceptors (Lipinski definition) is 4. The molecule has 0 saturated carbocycles. The number of carbonyl (C=O) groups is 1. The zero-order valence-electron chi connectivity index (χ0n) is 13.5. The van der Waals surface area contributed by atoms with Gasteiger partial charge in [-0.1, -0.05) is 30.3 Å². The van der Waals surface area contributed by atoms with E-state index in [9.17, 15) is 13.6 Å². The number of nitrogens with zero attached hydrogens (tertiary/aromatic N) is 3. The summed E-state index contributed by atoms with van der Waals surface area (Å²) in [4.78, 5) is 13.6. The van der Waals surface area contributed by atoms with Crippen LogP contribution >= 0.6 is 0 Å². The van der Waals surface area contributed by atoms with E-state index in [1.165, 1.54) is 0 Å². The third-order valence-corrected chi connectivity index (χ3v) is 3.98. The second-order valence-corrected chi connectivity index (χ2v) is 5.90. The van der Waals surface area contributed by atoms with Crippen molar-refractivity contribution in [3.63, 3.8) is 0 Å². The minimum Gasteiger partial charge on any atom is -0.334 e. The lowest BCUT2D eigenvalue weighted by atomic mass is 10.1. The second-order valence-electron chi connectivity index (χ2n) is 5.90. The van der Waals surface area contributed by atoms with Crippen molar-refractivity contribution in [3.8, 4) is 11.3 Å². The van der Waals surface area contributed by atoms with Gasteiger partial charge in [-0.3, -0.25) is 10.2 Å². The minimum atomic E-state index is -2.36. The number of anilines is 1. The fraction of sp³-hybridized carbons (Fsp3) is 0.353. The first-order valence-corrected chi connectivity index (χ1v) is 8.07. The largest absolute Gasteiger partial charge is 0.334 e. The Balaban J connectivity index is 1.50. The molecule has 1 fully saturated rings. The summed E-state index contributed by atoms with van der Waals surface area (Å²) in [6.45, 7) is 0.726. The second kappa shape index (κ2) is 7.98. The van der Waals surface area contributed by atoms with Gasteiger partial charge in [-0.2, -0.15) is 0 Å². The number of aromatic nitrogens is 2. The smallest absolute Gasteiger partial charge is 0.320 e. The lowest BCUT2D eigenvalue weighted by Crippen LogP contribution is -2.40. The predicted molar refractivity (Wildman–Crippen MR) is 90.5 cm³/mol. The van der Waals surface area contributed by atoms with Crippen LogP contribution in [0.1, 0.15) is 6.42 Å². The van der Waals surface area contributed by atoms with E-state index < -0.39 is 12.5 Å². The molecule has 2 aromatic rings. The van der Waals surface area contributed by atoms with Crippen LogP contribution in [0.5, 0.6) is 0 Å². The summed E-state index contributed by atoms with van der Waals surface area (Å²) in [5.41, 5.74) is 1.65. The Morgan fingerprint density at radius 3 is 2.68 bits per heavy atom. The number of amides is 2. The Kier molecular flexibility index (Phi) is 5.49. The molecule has 1 aromatic heterocycles. The number of hydrogen-bond donors (Lipinski definition) is 2. The van der Waals surface area contributed by atoms with Crippen LogP contribution < -0.4 is 10.6 Å². The predicted octanol–water partition coefficient (Wildman–Crippen LogP) is 2.60. The molecule has 1 aromatic carbocycles. The maximum Gasteiger partial charge on any atom is 0.320 e. The number of alkyl halides is 2. The van der Waals surface area contributed by atoms with Crippen molar-refractivity contribution in [2.24, 2.45) is 0 Å². The number of benzene rings is 1. The molecule has 1 aliphatic heterocycles. The minimum absolute atomic E-state index is 0.143. The van der Waals surface area contributed by atoms with E-state index in [1.807, 2.05) is 30.3 Å². The molecule has 0 aliphatic carbocycles. The van der Waals surface area contributed by atoms with Crippen LogP contribution in [0, 0.1) is 0 Å². The van der Waals surface area contributed by atoms with E-state index in [1.54, 1.807) is 17.0 Å². The molecular weight excluding hydrogens is 328 g/mol. The van der Waals surface area contributed by atoms with Gasteiger partial charge in [0.2, 0.25) is 0 Å². The molecule has 0 radical (unpaired) electrons. The van der Waals surface area contributed by atoms with Gasteiger partial charge >= 0.3 is 6.03 Å². The van der Waals surface area contributed by atoms with Gasteiger partial charge in [-0.05, 0) is 18.6 Å². The number of halogens is 2. The highest BCUT2D eigenvalue weighted by Gasteiger charge is 2.25. The first-order valence-electron chi connectivity index (χ1n) is 8.07. The van der Waals surface area contributed by atoms with E-state index in [2.05, 4.69) is 20.8 Å². The summed E-state index contributed by atoms with van der Waals surface area (Å²) in [5, 5.41) is 13.5. The number of rotatable bonds is 5. The number of nitrogens with one attached hydrogen (secondary N) is 2. The van der Waals surface area contributed by atoms with Crippen molar-refractivity contribution in [2.75, 3.05) is 25.0 Å². The summed E-state index contributed by atoms with van der Waals surface area (Å²) < 4.78 is 24.7. The van der Waals surface area contributed by atoms with E-state index in [0.29, 0.717) is 31.0 Å². The van der Waals surface area contributed by atoms with Crippen LogP contribution in [0.15, 0.2) is 42.5 Å². The molecule has 3 rings (SSSR count). The van der Waals surface area contributed by atoms with Crippen LogP contribution in [0.25, 0.3) is 11.3 Å². The molecular formula is C17H19F2N5O. The van der Waals surface area contributed by atoms with Crippen molar-refractivity contribution >= 4 is 11.8 Å². The summed E-state index contributed by atoms with van der Waals surface area (Å²) in [5.74, 6) is 0.333. The number of carbonyl (C=O) groups excluding carboxylic acids is 1. The van der Waals surface area contributed by atoms with E-state index >= 15 is 0 Å². The highest BCUT2D eigenvalue weighted by Crippen LogP contribution is 2.16. The Morgan fingerprint density at radius 1 is 1.20 bits per heavy atom. The van der Waals surface area contributed by atoms with Gasteiger partial charge in [0.25, 0.3) is 6.43 Å². The standard InChI is InChI=1S/C17H19F2N5O/c18-15(19)11-24-9-8-13(10-24)20-17(25)21-16-7-6-14(22-23-16)12-4-2-1-3-5-12/h1-7,13,15H,8-11H2,(H2,20,21,23,25). The number of likely N-dealkylation sites (tertiary alicyclic amines) is 1. The molecule has 2 heterocycles. The quantitative estimate of drug-likeness (QED) is 0.872. The van der Waals surface area contributed by atoms with Crippen molar-refractivity contribution in [2.45, 2.75) is 18.9 Å². The van der Waals surface area contributed by atoms with Crippen molar-refractivity contribution in [1.82, 2.24) is 20.4 Å². The molecule has 1 unspecified atom stereocenters. The molecule has 1 saturated heterocycles. The monoisotopic (exact) mass is 347 g/mol.